The lowest BCUT2D eigenvalue weighted by molar-refractivity contribution is -0.146. The number of nitrogens with one attached hydrogen (secondary N) is 1. The molecule has 0 aliphatic rings. The van der Waals surface area contributed by atoms with Crippen LogP contribution in [0.2, 0.25) is 5.02 Å². The zero-order valence-corrected chi connectivity index (χ0v) is 9.24. The summed E-state index contributed by atoms with van der Waals surface area (Å²) >= 11 is 5.62. The van der Waals surface area contributed by atoms with Gasteiger partial charge in [0, 0.05) is 0 Å². The van der Waals surface area contributed by atoms with Gasteiger partial charge in [0.2, 0.25) is 0 Å². The number of aliphatic carboxylic acids is 1. The Labute approximate surface area is 101 Å². The summed E-state index contributed by atoms with van der Waals surface area (Å²) in [6.07, 6.45) is -1.75. The predicted octanol–water partition coefficient (Wildman–Crippen LogP) is 0.654. The molecule has 3 N–H and O–H groups in total. The molecule has 0 saturated heterocycles. The molecule has 92 valence electrons. The van der Waals surface area contributed by atoms with E-state index in [4.69, 9.17) is 21.8 Å². The van der Waals surface area contributed by atoms with Gasteiger partial charge in [0.15, 0.2) is 6.10 Å². The van der Waals surface area contributed by atoms with E-state index >= 15 is 0 Å². The zero-order chi connectivity index (χ0) is 13.0. The summed E-state index contributed by atoms with van der Waals surface area (Å²) in [4.78, 5) is 21.8. The van der Waals surface area contributed by atoms with E-state index in [0.717, 1.165) is 6.07 Å². The van der Waals surface area contributed by atoms with E-state index in [-0.39, 0.29) is 10.6 Å². The van der Waals surface area contributed by atoms with Crippen molar-refractivity contribution < 1.29 is 24.2 Å². The number of aliphatic hydroxyl groups excluding tert-OH is 1. The second-order valence-electron chi connectivity index (χ2n) is 3.16. The fourth-order valence-corrected chi connectivity index (χ4v) is 1.33. The van der Waals surface area contributed by atoms with Crippen molar-refractivity contribution in [2.75, 3.05) is 6.54 Å². The summed E-state index contributed by atoms with van der Waals surface area (Å²) in [6, 6.07) is 3.71. The van der Waals surface area contributed by atoms with Gasteiger partial charge in [0.05, 0.1) is 17.1 Å². The van der Waals surface area contributed by atoms with Gasteiger partial charge in [0.1, 0.15) is 5.82 Å². The Hall–Kier alpha value is -1.66. The van der Waals surface area contributed by atoms with Crippen LogP contribution >= 0.6 is 11.6 Å². The van der Waals surface area contributed by atoms with Crippen LogP contribution < -0.4 is 5.32 Å². The Morgan fingerprint density at radius 1 is 1.47 bits per heavy atom. The van der Waals surface area contributed by atoms with Crippen molar-refractivity contribution >= 4 is 23.5 Å². The van der Waals surface area contributed by atoms with Gasteiger partial charge >= 0.3 is 5.97 Å². The Balaban J connectivity index is 2.74. The van der Waals surface area contributed by atoms with Gasteiger partial charge in [-0.3, -0.25) is 4.79 Å². The minimum absolute atomic E-state index is 0.0904. The first-order valence-electron chi connectivity index (χ1n) is 4.56. The monoisotopic (exact) mass is 261 g/mol. The minimum Gasteiger partial charge on any atom is -0.479 e. The van der Waals surface area contributed by atoms with Crippen LogP contribution in [0.5, 0.6) is 0 Å². The second kappa shape index (κ2) is 5.60. The highest BCUT2D eigenvalue weighted by atomic mass is 35.5. The smallest absolute Gasteiger partial charge is 0.334 e. The zero-order valence-electron chi connectivity index (χ0n) is 8.48. The van der Waals surface area contributed by atoms with Gasteiger partial charge in [0.25, 0.3) is 5.91 Å². The average molecular weight is 262 g/mol. The molecule has 1 unspecified atom stereocenters. The molecule has 1 aromatic rings. The Bertz CT molecular complexity index is 432. The first-order valence-corrected chi connectivity index (χ1v) is 4.94. The van der Waals surface area contributed by atoms with Gasteiger partial charge in [-0.25, -0.2) is 9.18 Å². The molecule has 0 aliphatic carbocycles. The van der Waals surface area contributed by atoms with Gasteiger partial charge in [-0.05, 0) is 12.1 Å². The van der Waals surface area contributed by atoms with Crippen molar-refractivity contribution in [2.45, 2.75) is 6.10 Å². The van der Waals surface area contributed by atoms with Crippen molar-refractivity contribution in [1.82, 2.24) is 5.32 Å². The van der Waals surface area contributed by atoms with Gasteiger partial charge in [-0.15, -0.1) is 0 Å². The molecule has 7 heteroatoms. The summed E-state index contributed by atoms with van der Waals surface area (Å²) < 4.78 is 13.3. The summed E-state index contributed by atoms with van der Waals surface area (Å²) in [5, 5.41) is 19.3. The topological polar surface area (TPSA) is 86.6 Å². The summed E-state index contributed by atoms with van der Waals surface area (Å²) in [6.45, 7) is -0.529. The lowest BCUT2D eigenvalue weighted by atomic mass is 10.2. The summed E-state index contributed by atoms with van der Waals surface area (Å²) in [7, 11) is 0. The normalized spacial score (nSPS) is 11.9. The molecule has 0 spiro atoms. The molecule has 5 nitrogen and oxygen atoms in total. The maximum absolute atomic E-state index is 13.3. The van der Waals surface area contributed by atoms with Crippen molar-refractivity contribution in [3.63, 3.8) is 0 Å². The quantitative estimate of drug-likeness (QED) is 0.743. The molecular formula is C10H9ClFNO4. The molecule has 1 atom stereocenters. The van der Waals surface area contributed by atoms with E-state index in [9.17, 15) is 14.0 Å². The molecule has 0 aliphatic heterocycles. The van der Waals surface area contributed by atoms with E-state index in [1.807, 2.05) is 0 Å². The van der Waals surface area contributed by atoms with E-state index < -0.39 is 30.3 Å². The first kappa shape index (κ1) is 13.4. The highest BCUT2D eigenvalue weighted by molar-refractivity contribution is 6.33. The highest BCUT2D eigenvalue weighted by Crippen LogP contribution is 2.18. The SMILES string of the molecule is O=C(NCC(O)C(=O)O)c1c(F)cccc1Cl. The largest absolute Gasteiger partial charge is 0.479 e. The van der Waals surface area contributed by atoms with E-state index in [1.54, 1.807) is 0 Å². The first-order chi connectivity index (χ1) is 7.93. The number of aliphatic hydroxyl groups is 1. The van der Waals surface area contributed by atoms with Crippen LogP contribution in [0.1, 0.15) is 10.4 Å². The number of carbonyl (C=O) groups is 2. The number of carbonyl (C=O) groups excluding carboxylic acids is 1. The van der Waals surface area contributed by atoms with Gasteiger partial charge in [-0.2, -0.15) is 0 Å². The maximum Gasteiger partial charge on any atom is 0.334 e. The number of hydrogen-bond donors (Lipinski definition) is 3. The molecule has 1 rings (SSSR count). The van der Waals surface area contributed by atoms with Gasteiger partial charge < -0.3 is 15.5 Å². The van der Waals surface area contributed by atoms with Crippen LogP contribution in [0.4, 0.5) is 4.39 Å². The Kier molecular flexibility index (Phi) is 4.42. The highest BCUT2D eigenvalue weighted by Gasteiger charge is 2.18. The van der Waals surface area contributed by atoms with Crippen LogP contribution in [0.3, 0.4) is 0 Å². The summed E-state index contributed by atoms with van der Waals surface area (Å²) in [5.41, 5.74) is -0.383. The third-order valence-corrected chi connectivity index (χ3v) is 2.25. The number of carboxylic acids is 1. The third-order valence-electron chi connectivity index (χ3n) is 1.93. The standard InChI is InChI=1S/C10H9ClFNO4/c11-5-2-1-3-6(12)8(5)9(15)13-4-7(14)10(16)17/h1-3,7,14H,4H2,(H,13,15)(H,16,17). The van der Waals surface area contributed by atoms with E-state index in [0.29, 0.717) is 0 Å². The lowest BCUT2D eigenvalue weighted by Crippen LogP contribution is -2.36. The fraction of sp³-hybridized carbons (Fsp3) is 0.200. The van der Waals surface area contributed by atoms with Crippen LogP contribution in [0.15, 0.2) is 18.2 Å². The molecule has 1 aromatic carbocycles. The van der Waals surface area contributed by atoms with Crippen molar-refractivity contribution in [3.8, 4) is 0 Å². The number of carboxylic acid groups (broad SMARTS) is 1. The average Bonchev–Trinajstić information content (AvgIpc) is 2.25. The van der Waals surface area contributed by atoms with Crippen molar-refractivity contribution in [3.05, 3.63) is 34.6 Å². The number of halogens is 2. The molecule has 0 heterocycles. The van der Waals surface area contributed by atoms with E-state index in [1.165, 1.54) is 12.1 Å². The molecule has 0 saturated carbocycles. The predicted molar refractivity (Wildman–Crippen MR) is 57.4 cm³/mol. The van der Waals surface area contributed by atoms with Crippen molar-refractivity contribution in [1.29, 1.82) is 0 Å². The molecule has 0 fully saturated rings. The Morgan fingerprint density at radius 2 is 2.12 bits per heavy atom. The molecule has 0 bridgehead atoms. The van der Waals surface area contributed by atoms with Crippen LogP contribution in [0, 0.1) is 5.82 Å². The number of rotatable bonds is 4. The minimum atomic E-state index is -1.75. The number of benzene rings is 1. The van der Waals surface area contributed by atoms with Crippen LogP contribution in [-0.4, -0.2) is 34.7 Å². The van der Waals surface area contributed by atoms with E-state index in [2.05, 4.69) is 5.32 Å². The molecule has 0 radical (unpaired) electrons. The number of hydrogen-bond acceptors (Lipinski definition) is 3. The van der Waals surface area contributed by atoms with Crippen LogP contribution in [-0.2, 0) is 4.79 Å². The molecular weight excluding hydrogens is 253 g/mol. The summed E-state index contributed by atoms with van der Waals surface area (Å²) in [5.74, 6) is -3.18. The molecule has 17 heavy (non-hydrogen) atoms. The van der Waals surface area contributed by atoms with Crippen LogP contribution in [0.25, 0.3) is 0 Å². The third kappa shape index (κ3) is 3.40. The lowest BCUT2D eigenvalue weighted by Gasteiger charge is -2.09. The molecule has 0 aromatic heterocycles. The fourth-order valence-electron chi connectivity index (χ4n) is 1.08. The second-order valence-corrected chi connectivity index (χ2v) is 3.57. The molecule has 1 amide bonds. The van der Waals surface area contributed by atoms with Crippen molar-refractivity contribution in [2.24, 2.45) is 0 Å². The van der Waals surface area contributed by atoms with Gasteiger partial charge in [-0.1, -0.05) is 17.7 Å². The maximum atomic E-state index is 13.3. The Morgan fingerprint density at radius 3 is 2.65 bits per heavy atom. The number of amides is 1.